The fourth-order valence-electron chi connectivity index (χ4n) is 3.21. The number of likely N-dealkylation sites (N-methyl/N-ethyl adjacent to an activating group) is 1. The van der Waals surface area contributed by atoms with E-state index in [2.05, 4.69) is 11.0 Å². The maximum absolute atomic E-state index is 11.2. The van der Waals surface area contributed by atoms with E-state index in [4.69, 9.17) is 15.8 Å². The molecule has 0 aromatic carbocycles. The normalized spacial score (nSPS) is 19.3. The SMILES string of the molecule is C[C@H](N)c1nc2ccn(C)c2cc1N1CCC(N(C)C(=O)O)C1. The van der Waals surface area contributed by atoms with Crippen molar-refractivity contribution in [2.75, 3.05) is 25.0 Å². The number of fused-ring (bicyclic) bond motifs is 1. The molecule has 2 aromatic rings. The van der Waals surface area contributed by atoms with E-state index in [9.17, 15) is 4.79 Å². The van der Waals surface area contributed by atoms with Crippen molar-refractivity contribution in [1.82, 2.24) is 14.5 Å². The summed E-state index contributed by atoms with van der Waals surface area (Å²) in [7, 11) is 3.62. The highest BCUT2D eigenvalue weighted by Gasteiger charge is 2.30. The predicted octanol–water partition coefficient (Wildman–Crippen LogP) is 1.78. The standard InChI is InChI=1S/C16H23N5O2/c1-10(17)15-14(8-13-12(18-15)5-6-19(13)2)21-7-4-11(9-21)20(3)16(22)23/h5-6,8,10-11H,4,7,9,17H2,1-3H3,(H,22,23)/t10-,11?/m0/s1. The van der Waals surface area contributed by atoms with Gasteiger partial charge in [0.15, 0.2) is 0 Å². The summed E-state index contributed by atoms with van der Waals surface area (Å²) >= 11 is 0. The topological polar surface area (TPSA) is 87.6 Å². The smallest absolute Gasteiger partial charge is 0.407 e. The molecule has 0 bridgehead atoms. The number of amides is 1. The number of hydrogen-bond donors (Lipinski definition) is 2. The van der Waals surface area contributed by atoms with Crippen LogP contribution in [0.4, 0.5) is 10.5 Å². The van der Waals surface area contributed by atoms with Gasteiger partial charge in [0.05, 0.1) is 28.5 Å². The Morgan fingerprint density at radius 2 is 2.30 bits per heavy atom. The molecule has 7 heteroatoms. The summed E-state index contributed by atoms with van der Waals surface area (Å²) in [5.74, 6) is 0. The van der Waals surface area contributed by atoms with E-state index in [0.29, 0.717) is 6.54 Å². The third-order valence-electron chi connectivity index (χ3n) is 4.66. The Morgan fingerprint density at radius 3 is 2.96 bits per heavy atom. The molecule has 1 amide bonds. The highest BCUT2D eigenvalue weighted by molar-refractivity contribution is 5.81. The van der Waals surface area contributed by atoms with Gasteiger partial charge < -0.3 is 25.2 Å². The second kappa shape index (κ2) is 5.73. The summed E-state index contributed by atoms with van der Waals surface area (Å²) in [4.78, 5) is 19.5. The van der Waals surface area contributed by atoms with Crippen LogP contribution < -0.4 is 10.6 Å². The van der Waals surface area contributed by atoms with Gasteiger partial charge in [0.25, 0.3) is 0 Å². The lowest BCUT2D eigenvalue weighted by atomic mass is 10.1. The molecule has 3 heterocycles. The zero-order valence-corrected chi connectivity index (χ0v) is 13.7. The Hall–Kier alpha value is -2.28. The summed E-state index contributed by atoms with van der Waals surface area (Å²) < 4.78 is 2.04. The highest BCUT2D eigenvalue weighted by Crippen LogP contribution is 2.31. The van der Waals surface area contributed by atoms with Crippen LogP contribution in [-0.4, -0.2) is 51.8 Å². The van der Waals surface area contributed by atoms with E-state index in [0.717, 1.165) is 35.4 Å². The number of anilines is 1. The summed E-state index contributed by atoms with van der Waals surface area (Å²) in [5, 5.41) is 9.16. The number of hydrogen-bond acceptors (Lipinski definition) is 4. The zero-order valence-electron chi connectivity index (χ0n) is 13.7. The van der Waals surface area contributed by atoms with Gasteiger partial charge in [-0.15, -0.1) is 0 Å². The Balaban J connectivity index is 1.97. The summed E-state index contributed by atoms with van der Waals surface area (Å²) in [6, 6.07) is 3.92. The van der Waals surface area contributed by atoms with E-state index >= 15 is 0 Å². The number of aromatic nitrogens is 2. The second-order valence-electron chi connectivity index (χ2n) is 6.29. The zero-order chi connectivity index (χ0) is 16.7. The fourth-order valence-corrected chi connectivity index (χ4v) is 3.21. The van der Waals surface area contributed by atoms with Crippen LogP contribution in [0.3, 0.4) is 0 Å². The Bertz CT molecular complexity index is 739. The minimum atomic E-state index is -0.889. The molecule has 1 aliphatic rings. The van der Waals surface area contributed by atoms with Crippen LogP contribution in [0.5, 0.6) is 0 Å². The molecule has 0 saturated carbocycles. The lowest BCUT2D eigenvalue weighted by Crippen LogP contribution is -2.38. The van der Waals surface area contributed by atoms with Crippen molar-refractivity contribution in [2.24, 2.45) is 12.8 Å². The molecule has 0 spiro atoms. The number of carboxylic acid groups (broad SMARTS) is 1. The van der Waals surface area contributed by atoms with Crippen molar-refractivity contribution in [1.29, 1.82) is 0 Å². The average molecular weight is 317 g/mol. The average Bonchev–Trinajstić information content (AvgIpc) is 3.12. The minimum Gasteiger partial charge on any atom is -0.465 e. The molecule has 0 aliphatic carbocycles. The van der Waals surface area contributed by atoms with Crippen LogP contribution in [-0.2, 0) is 7.05 Å². The molecule has 124 valence electrons. The number of nitrogens with two attached hydrogens (primary N) is 1. The van der Waals surface area contributed by atoms with Crippen LogP contribution >= 0.6 is 0 Å². The first kappa shape index (κ1) is 15.6. The van der Waals surface area contributed by atoms with E-state index in [-0.39, 0.29) is 12.1 Å². The molecule has 1 aliphatic heterocycles. The van der Waals surface area contributed by atoms with Gasteiger partial charge in [0.2, 0.25) is 0 Å². The molecular weight excluding hydrogens is 294 g/mol. The molecule has 1 saturated heterocycles. The van der Waals surface area contributed by atoms with Gasteiger partial charge in [-0.05, 0) is 25.5 Å². The van der Waals surface area contributed by atoms with Gasteiger partial charge in [0.1, 0.15) is 0 Å². The molecule has 1 unspecified atom stereocenters. The lowest BCUT2D eigenvalue weighted by Gasteiger charge is -2.25. The molecule has 0 radical (unpaired) electrons. The van der Waals surface area contributed by atoms with Crippen molar-refractivity contribution >= 4 is 22.8 Å². The van der Waals surface area contributed by atoms with Crippen LogP contribution in [0.25, 0.3) is 11.0 Å². The van der Waals surface area contributed by atoms with E-state index < -0.39 is 6.09 Å². The molecule has 2 atom stereocenters. The van der Waals surface area contributed by atoms with Gasteiger partial charge >= 0.3 is 6.09 Å². The largest absolute Gasteiger partial charge is 0.465 e. The van der Waals surface area contributed by atoms with E-state index in [1.807, 2.05) is 30.8 Å². The number of carbonyl (C=O) groups is 1. The van der Waals surface area contributed by atoms with E-state index in [1.165, 1.54) is 4.90 Å². The molecule has 3 rings (SSSR count). The van der Waals surface area contributed by atoms with Crippen LogP contribution in [0, 0.1) is 0 Å². The number of aryl methyl sites for hydroxylation is 1. The molecular formula is C16H23N5O2. The second-order valence-corrected chi connectivity index (χ2v) is 6.29. The Morgan fingerprint density at radius 1 is 1.57 bits per heavy atom. The summed E-state index contributed by atoms with van der Waals surface area (Å²) in [6.45, 7) is 3.40. The first-order valence-electron chi connectivity index (χ1n) is 7.80. The monoisotopic (exact) mass is 317 g/mol. The van der Waals surface area contributed by atoms with Gasteiger partial charge in [-0.25, -0.2) is 9.78 Å². The first-order valence-corrected chi connectivity index (χ1v) is 7.80. The van der Waals surface area contributed by atoms with Crippen LogP contribution in [0.1, 0.15) is 25.1 Å². The first-order chi connectivity index (χ1) is 10.9. The van der Waals surface area contributed by atoms with Crippen molar-refractivity contribution in [3.05, 3.63) is 24.0 Å². The lowest BCUT2D eigenvalue weighted by molar-refractivity contribution is 0.142. The van der Waals surface area contributed by atoms with Gasteiger partial charge in [0, 0.05) is 39.4 Å². The number of nitrogens with zero attached hydrogens (tertiary/aromatic N) is 4. The van der Waals surface area contributed by atoms with Crippen LogP contribution in [0.15, 0.2) is 18.3 Å². The quantitative estimate of drug-likeness (QED) is 0.901. The van der Waals surface area contributed by atoms with Crippen molar-refractivity contribution in [2.45, 2.75) is 25.4 Å². The summed E-state index contributed by atoms with van der Waals surface area (Å²) in [5.41, 5.74) is 9.98. The van der Waals surface area contributed by atoms with Crippen molar-refractivity contribution in [3.8, 4) is 0 Å². The van der Waals surface area contributed by atoms with Gasteiger partial charge in [-0.2, -0.15) is 0 Å². The van der Waals surface area contributed by atoms with Gasteiger partial charge in [-0.3, -0.25) is 0 Å². The fraction of sp³-hybridized carbons (Fsp3) is 0.500. The van der Waals surface area contributed by atoms with Crippen molar-refractivity contribution < 1.29 is 9.90 Å². The predicted molar refractivity (Wildman–Crippen MR) is 89.7 cm³/mol. The molecule has 7 nitrogen and oxygen atoms in total. The molecule has 23 heavy (non-hydrogen) atoms. The maximum Gasteiger partial charge on any atom is 0.407 e. The number of pyridine rings is 1. The van der Waals surface area contributed by atoms with Gasteiger partial charge in [-0.1, -0.05) is 0 Å². The van der Waals surface area contributed by atoms with E-state index in [1.54, 1.807) is 7.05 Å². The Labute approximate surface area is 135 Å². The summed E-state index contributed by atoms with van der Waals surface area (Å²) in [6.07, 6.45) is 1.91. The molecule has 1 fully saturated rings. The van der Waals surface area contributed by atoms with Crippen LogP contribution in [0.2, 0.25) is 0 Å². The minimum absolute atomic E-state index is 0.00228. The number of rotatable bonds is 3. The Kier molecular flexibility index (Phi) is 3.89. The molecule has 2 aromatic heterocycles. The highest BCUT2D eigenvalue weighted by atomic mass is 16.4. The van der Waals surface area contributed by atoms with Crippen molar-refractivity contribution in [3.63, 3.8) is 0 Å². The third-order valence-corrected chi connectivity index (χ3v) is 4.66. The maximum atomic E-state index is 11.2. The third kappa shape index (κ3) is 2.72. The molecule has 3 N–H and O–H groups in total.